The quantitative estimate of drug-likeness (QED) is 0.561. The summed E-state index contributed by atoms with van der Waals surface area (Å²) >= 11 is 3.17. The number of carbonyl (C=O) groups is 1. The molecule has 144 valence electrons. The Balaban J connectivity index is 1.61. The zero-order chi connectivity index (χ0) is 19.8. The largest absolute Gasteiger partial charge is 0.337 e. The highest BCUT2D eigenvalue weighted by atomic mass is 79.9. The van der Waals surface area contributed by atoms with E-state index in [0.29, 0.717) is 41.1 Å². The van der Waals surface area contributed by atoms with Crippen molar-refractivity contribution in [3.63, 3.8) is 0 Å². The summed E-state index contributed by atoms with van der Waals surface area (Å²) in [4.78, 5) is 18.8. The van der Waals surface area contributed by atoms with Gasteiger partial charge in [0.25, 0.3) is 0 Å². The minimum absolute atomic E-state index is 0.0789. The second kappa shape index (κ2) is 7.47. The Hall–Kier alpha value is -2.54. The third-order valence-electron chi connectivity index (χ3n) is 5.08. The summed E-state index contributed by atoms with van der Waals surface area (Å²) in [5, 5.41) is 4.03. The molecule has 0 spiro atoms. The Bertz CT molecular complexity index is 1050. The molecule has 1 aliphatic rings. The number of nitrogens with zero attached hydrogens (tertiary/aromatic N) is 3. The standard InChI is InChI=1S/C21H19BrFN3O2/c1-12-3-4-13(2)15(9-12)11-26-18(7-8-19(26)27)21-24-20(25-28-21)14-5-6-17(23)16(22)10-14/h3-6,9-10,18H,7-8,11H2,1-2H3. The number of rotatable bonds is 4. The van der Waals surface area contributed by atoms with Crippen LogP contribution in [0.25, 0.3) is 11.4 Å². The fourth-order valence-corrected chi connectivity index (χ4v) is 3.84. The molecule has 28 heavy (non-hydrogen) atoms. The maximum atomic E-state index is 13.5. The molecule has 1 aliphatic heterocycles. The lowest BCUT2D eigenvalue weighted by Gasteiger charge is -2.23. The topological polar surface area (TPSA) is 59.2 Å². The van der Waals surface area contributed by atoms with Gasteiger partial charge in [-0.3, -0.25) is 4.79 Å². The molecule has 1 atom stereocenters. The van der Waals surface area contributed by atoms with Crippen LogP contribution in [0.3, 0.4) is 0 Å². The Kier molecular flexibility index (Phi) is 5.02. The van der Waals surface area contributed by atoms with E-state index in [0.717, 1.165) is 16.7 Å². The number of benzene rings is 2. The van der Waals surface area contributed by atoms with E-state index in [1.54, 1.807) is 17.0 Å². The smallest absolute Gasteiger partial charge is 0.249 e. The summed E-state index contributed by atoms with van der Waals surface area (Å²) in [6.07, 6.45) is 1.09. The Labute approximate surface area is 170 Å². The molecule has 1 aromatic heterocycles. The van der Waals surface area contributed by atoms with Crippen LogP contribution in [-0.4, -0.2) is 20.9 Å². The first-order chi connectivity index (χ1) is 13.4. The highest BCUT2D eigenvalue weighted by Gasteiger charge is 2.36. The number of likely N-dealkylation sites (tertiary alicyclic amines) is 1. The number of hydrogen-bond acceptors (Lipinski definition) is 4. The van der Waals surface area contributed by atoms with Gasteiger partial charge in [-0.05, 0) is 65.5 Å². The van der Waals surface area contributed by atoms with Gasteiger partial charge >= 0.3 is 0 Å². The average Bonchev–Trinajstić information content (AvgIpc) is 3.28. The molecule has 7 heteroatoms. The predicted molar refractivity (Wildman–Crippen MR) is 106 cm³/mol. The molecule has 2 aromatic carbocycles. The van der Waals surface area contributed by atoms with Crippen LogP contribution in [0.4, 0.5) is 4.39 Å². The van der Waals surface area contributed by atoms with Gasteiger partial charge < -0.3 is 9.42 Å². The fraction of sp³-hybridized carbons (Fsp3) is 0.286. The molecule has 0 saturated carbocycles. The van der Waals surface area contributed by atoms with Crippen molar-refractivity contribution in [2.75, 3.05) is 0 Å². The van der Waals surface area contributed by atoms with Crippen molar-refractivity contribution < 1.29 is 13.7 Å². The third kappa shape index (κ3) is 3.58. The van der Waals surface area contributed by atoms with Crippen LogP contribution in [0, 0.1) is 19.7 Å². The monoisotopic (exact) mass is 443 g/mol. The second-order valence-electron chi connectivity index (χ2n) is 7.09. The zero-order valence-corrected chi connectivity index (χ0v) is 17.2. The van der Waals surface area contributed by atoms with Crippen LogP contribution in [0.2, 0.25) is 0 Å². The SMILES string of the molecule is Cc1ccc(C)c(CN2C(=O)CCC2c2nc(-c3ccc(F)c(Br)c3)no2)c1. The molecule has 1 fully saturated rings. The summed E-state index contributed by atoms with van der Waals surface area (Å²) in [6.45, 7) is 4.59. The molecule has 0 bridgehead atoms. The minimum atomic E-state index is -0.353. The summed E-state index contributed by atoms with van der Waals surface area (Å²) in [5.41, 5.74) is 4.06. The lowest BCUT2D eigenvalue weighted by Crippen LogP contribution is -2.27. The van der Waals surface area contributed by atoms with E-state index in [2.05, 4.69) is 44.3 Å². The summed E-state index contributed by atoms with van der Waals surface area (Å²) in [7, 11) is 0. The number of amides is 1. The van der Waals surface area contributed by atoms with Gasteiger partial charge in [0.05, 0.1) is 4.47 Å². The number of aryl methyl sites for hydroxylation is 2. The summed E-state index contributed by atoms with van der Waals surface area (Å²) in [6, 6.07) is 10.5. The first kappa shape index (κ1) is 18.8. The normalized spacial score (nSPS) is 16.8. The van der Waals surface area contributed by atoms with E-state index < -0.39 is 0 Å². The van der Waals surface area contributed by atoms with Gasteiger partial charge in [0.1, 0.15) is 11.9 Å². The van der Waals surface area contributed by atoms with Crippen LogP contribution in [0.15, 0.2) is 45.4 Å². The van der Waals surface area contributed by atoms with E-state index in [1.807, 2.05) is 13.8 Å². The number of halogens is 2. The molecular weight excluding hydrogens is 425 g/mol. The maximum absolute atomic E-state index is 13.5. The van der Waals surface area contributed by atoms with Crippen molar-refractivity contribution in [2.45, 2.75) is 39.3 Å². The fourth-order valence-electron chi connectivity index (χ4n) is 3.47. The van der Waals surface area contributed by atoms with Gasteiger partial charge in [-0.25, -0.2) is 4.39 Å². The van der Waals surface area contributed by atoms with Crippen molar-refractivity contribution in [3.8, 4) is 11.4 Å². The highest BCUT2D eigenvalue weighted by molar-refractivity contribution is 9.10. The van der Waals surface area contributed by atoms with Crippen LogP contribution >= 0.6 is 15.9 Å². The maximum Gasteiger partial charge on any atom is 0.249 e. The first-order valence-corrected chi connectivity index (χ1v) is 9.86. The summed E-state index contributed by atoms with van der Waals surface area (Å²) in [5.74, 6) is 0.511. The zero-order valence-electron chi connectivity index (χ0n) is 15.6. The van der Waals surface area contributed by atoms with Gasteiger partial charge in [-0.15, -0.1) is 0 Å². The molecule has 0 radical (unpaired) electrons. The van der Waals surface area contributed by atoms with Crippen molar-refractivity contribution in [2.24, 2.45) is 0 Å². The molecule has 3 aromatic rings. The van der Waals surface area contributed by atoms with Crippen molar-refractivity contribution >= 4 is 21.8 Å². The van der Waals surface area contributed by atoms with Gasteiger partial charge in [-0.2, -0.15) is 4.98 Å². The molecule has 1 unspecified atom stereocenters. The average molecular weight is 444 g/mol. The van der Waals surface area contributed by atoms with E-state index in [9.17, 15) is 9.18 Å². The van der Waals surface area contributed by atoms with Crippen molar-refractivity contribution in [1.82, 2.24) is 15.0 Å². The summed E-state index contributed by atoms with van der Waals surface area (Å²) < 4.78 is 19.3. The lowest BCUT2D eigenvalue weighted by molar-refractivity contribution is -0.130. The Morgan fingerprint density at radius 1 is 1.25 bits per heavy atom. The molecule has 0 aliphatic carbocycles. The van der Waals surface area contributed by atoms with Crippen LogP contribution in [0.1, 0.15) is 41.5 Å². The van der Waals surface area contributed by atoms with Crippen LogP contribution in [0.5, 0.6) is 0 Å². The predicted octanol–water partition coefficient (Wildman–Crippen LogP) is 5.12. The van der Waals surface area contributed by atoms with Crippen molar-refractivity contribution in [3.05, 3.63) is 69.3 Å². The molecule has 2 heterocycles. The number of aromatic nitrogens is 2. The highest BCUT2D eigenvalue weighted by Crippen LogP contribution is 2.35. The molecule has 1 saturated heterocycles. The van der Waals surface area contributed by atoms with Gasteiger partial charge in [0, 0.05) is 18.5 Å². The third-order valence-corrected chi connectivity index (χ3v) is 5.69. The van der Waals surface area contributed by atoms with E-state index in [1.165, 1.54) is 6.07 Å². The minimum Gasteiger partial charge on any atom is -0.337 e. The van der Waals surface area contributed by atoms with Gasteiger partial charge in [-0.1, -0.05) is 28.9 Å². The molecule has 4 rings (SSSR count). The Morgan fingerprint density at radius 3 is 2.86 bits per heavy atom. The molecule has 5 nitrogen and oxygen atoms in total. The van der Waals surface area contributed by atoms with Crippen LogP contribution in [-0.2, 0) is 11.3 Å². The van der Waals surface area contributed by atoms with E-state index >= 15 is 0 Å². The lowest BCUT2D eigenvalue weighted by atomic mass is 10.0. The van der Waals surface area contributed by atoms with E-state index in [4.69, 9.17) is 4.52 Å². The molecule has 1 amide bonds. The number of carbonyl (C=O) groups excluding carboxylic acids is 1. The number of hydrogen-bond donors (Lipinski definition) is 0. The van der Waals surface area contributed by atoms with Crippen molar-refractivity contribution in [1.29, 1.82) is 0 Å². The molecule has 0 N–H and O–H groups in total. The molecular formula is C21H19BrFN3O2. The second-order valence-corrected chi connectivity index (χ2v) is 7.95. The Morgan fingerprint density at radius 2 is 2.07 bits per heavy atom. The van der Waals surface area contributed by atoms with E-state index in [-0.39, 0.29) is 17.8 Å². The van der Waals surface area contributed by atoms with Gasteiger partial charge in [0.15, 0.2) is 0 Å². The van der Waals surface area contributed by atoms with Gasteiger partial charge in [0.2, 0.25) is 17.6 Å². The first-order valence-electron chi connectivity index (χ1n) is 9.07. The van der Waals surface area contributed by atoms with Crippen LogP contribution < -0.4 is 0 Å².